The van der Waals surface area contributed by atoms with E-state index in [9.17, 15) is 4.79 Å². The lowest BCUT2D eigenvalue weighted by Crippen LogP contribution is -2.24. The number of nitrogens with one attached hydrogen (secondary N) is 1. The second-order valence-corrected chi connectivity index (χ2v) is 5.61. The first-order valence-corrected chi connectivity index (χ1v) is 7.67. The summed E-state index contributed by atoms with van der Waals surface area (Å²) >= 11 is 11.9. The minimum absolute atomic E-state index is 0.158. The molecule has 0 aromatic heterocycles. The van der Waals surface area contributed by atoms with Gasteiger partial charge in [0, 0.05) is 16.7 Å². The molecule has 1 aliphatic rings. The highest BCUT2D eigenvalue weighted by Crippen LogP contribution is 2.36. The summed E-state index contributed by atoms with van der Waals surface area (Å²) < 4.78 is 15.8. The molecular formula is C16H12Cl2N2O4. The molecule has 0 bridgehead atoms. The minimum atomic E-state index is -0.405. The van der Waals surface area contributed by atoms with Crippen molar-refractivity contribution in [2.45, 2.75) is 0 Å². The Morgan fingerprint density at radius 3 is 2.67 bits per heavy atom. The third kappa shape index (κ3) is 4.10. The Bertz CT molecular complexity index is 778. The van der Waals surface area contributed by atoms with E-state index in [0.29, 0.717) is 32.9 Å². The third-order valence-corrected chi connectivity index (χ3v) is 3.65. The fourth-order valence-electron chi connectivity index (χ4n) is 1.92. The van der Waals surface area contributed by atoms with Crippen LogP contribution in [0.5, 0.6) is 17.2 Å². The smallest absolute Gasteiger partial charge is 0.277 e. The molecule has 2 aromatic rings. The second-order valence-electron chi connectivity index (χ2n) is 4.76. The Morgan fingerprint density at radius 1 is 1.21 bits per heavy atom. The molecule has 0 unspecified atom stereocenters. The van der Waals surface area contributed by atoms with Gasteiger partial charge in [0.15, 0.2) is 18.1 Å². The molecule has 1 aliphatic heterocycles. The highest BCUT2D eigenvalue weighted by Gasteiger charge is 2.15. The molecule has 24 heavy (non-hydrogen) atoms. The van der Waals surface area contributed by atoms with Crippen LogP contribution in [0.1, 0.15) is 5.56 Å². The van der Waals surface area contributed by atoms with E-state index in [2.05, 4.69) is 10.5 Å². The van der Waals surface area contributed by atoms with Crippen LogP contribution in [0.25, 0.3) is 0 Å². The minimum Gasteiger partial charge on any atom is -0.484 e. The van der Waals surface area contributed by atoms with Crippen molar-refractivity contribution in [2.75, 3.05) is 13.4 Å². The van der Waals surface area contributed by atoms with Gasteiger partial charge in [-0.25, -0.2) is 5.43 Å². The zero-order valence-corrected chi connectivity index (χ0v) is 13.8. The number of nitrogens with zero attached hydrogens (tertiary/aromatic N) is 1. The highest BCUT2D eigenvalue weighted by atomic mass is 35.5. The number of hydrogen-bond donors (Lipinski definition) is 1. The molecule has 1 heterocycles. The molecule has 3 rings (SSSR count). The maximum Gasteiger partial charge on any atom is 0.277 e. The zero-order valence-electron chi connectivity index (χ0n) is 12.3. The van der Waals surface area contributed by atoms with Gasteiger partial charge in [-0.2, -0.15) is 5.10 Å². The van der Waals surface area contributed by atoms with Gasteiger partial charge in [0.05, 0.1) is 11.2 Å². The summed E-state index contributed by atoms with van der Waals surface area (Å²) in [6.07, 6.45) is 1.42. The van der Waals surface area contributed by atoms with Gasteiger partial charge >= 0.3 is 0 Å². The van der Waals surface area contributed by atoms with E-state index in [0.717, 1.165) is 0 Å². The average molecular weight is 367 g/mol. The lowest BCUT2D eigenvalue weighted by Gasteiger charge is -2.05. The van der Waals surface area contributed by atoms with Gasteiger partial charge in [0.25, 0.3) is 5.91 Å². The number of benzene rings is 2. The van der Waals surface area contributed by atoms with E-state index in [1.54, 1.807) is 36.4 Å². The van der Waals surface area contributed by atoms with E-state index < -0.39 is 5.91 Å². The molecule has 6 nitrogen and oxygen atoms in total. The van der Waals surface area contributed by atoms with Crippen molar-refractivity contribution in [3.8, 4) is 17.2 Å². The number of rotatable bonds is 5. The van der Waals surface area contributed by atoms with Crippen LogP contribution < -0.4 is 19.6 Å². The number of halogens is 2. The monoisotopic (exact) mass is 366 g/mol. The maximum atomic E-state index is 11.7. The van der Waals surface area contributed by atoms with E-state index in [1.165, 1.54) is 6.21 Å². The van der Waals surface area contributed by atoms with Crippen LogP contribution in [0.2, 0.25) is 10.0 Å². The number of carbonyl (C=O) groups excluding carboxylic acids is 1. The van der Waals surface area contributed by atoms with Crippen LogP contribution >= 0.6 is 23.2 Å². The summed E-state index contributed by atoms with van der Waals surface area (Å²) in [6.45, 7) is -0.0150. The van der Waals surface area contributed by atoms with E-state index in [-0.39, 0.29) is 13.4 Å². The van der Waals surface area contributed by atoms with Crippen molar-refractivity contribution < 1.29 is 19.0 Å². The maximum absolute atomic E-state index is 11.7. The van der Waals surface area contributed by atoms with Gasteiger partial charge in [0.1, 0.15) is 5.75 Å². The number of hydrazone groups is 1. The van der Waals surface area contributed by atoms with E-state index >= 15 is 0 Å². The molecule has 1 N–H and O–H groups in total. The first-order valence-electron chi connectivity index (χ1n) is 6.91. The van der Waals surface area contributed by atoms with Crippen LogP contribution in [0.3, 0.4) is 0 Å². The van der Waals surface area contributed by atoms with Crippen molar-refractivity contribution in [3.05, 3.63) is 52.0 Å². The summed E-state index contributed by atoms with van der Waals surface area (Å²) in [5.74, 6) is 1.30. The van der Waals surface area contributed by atoms with Gasteiger partial charge < -0.3 is 14.2 Å². The number of ether oxygens (including phenoxy) is 3. The summed E-state index contributed by atoms with van der Waals surface area (Å²) in [5, 5.41) is 4.88. The van der Waals surface area contributed by atoms with Crippen molar-refractivity contribution in [2.24, 2.45) is 5.10 Å². The van der Waals surface area contributed by atoms with E-state index in [1.807, 2.05) is 0 Å². The van der Waals surface area contributed by atoms with Gasteiger partial charge in [-0.1, -0.05) is 23.2 Å². The molecule has 124 valence electrons. The Balaban J connectivity index is 1.52. The zero-order chi connectivity index (χ0) is 16.9. The van der Waals surface area contributed by atoms with Crippen LogP contribution in [0.15, 0.2) is 41.5 Å². The van der Waals surface area contributed by atoms with Crippen molar-refractivity contribution >= 4 is 35.3 Å². The Labute approximate surface area is 147 Å². The molecule has 0 radical (unpaired) electrons. The molecule has 0 saturated carbocycles. The Morgan fingerprint density at radius 2 is 1.92 bits per heavy atom. The lowest BCUT2D eigenvalue weighted by molar-refractivity contribution is -0.123. The molecule has 0 fully saturated rings. The predicted octanol–water partition coefficient (Wildman–Crippen LogP) is 3.25. The topological polar surface area (TPSA) is 69.2 Å². The average Bonchev–Trinajstić information content (AvgIpc) is 3.01. The molecule has 8 heteroatoms. The molecule has 1 amide bonds. The van der Waals surface area contributed by atoms with Crippen LogP contribution in [0.4, 0.5) is 0 Å². The molecule has 0 saturated heterocycles. The molecule has 0 spiro atoms. The van der Waals surface area contributed by atoms with Crippen molar-refractivity contribution in [3.63, 3.8) is 0 Å². The summed E-state index contributed by atoms with van der Waals surface area (Å²) in [6, 6.07) is 10.0. The first-order chi connectivity index (χ1) is 11.6. The summed E-state index contributed by atoms with van der Waals surface area (Å²) in [7, 11) is 0. The fraction of sp³-hybridized carbons (Fsp3) is 0.125. The largest absolute Gasteiger partial charge is 0.484 e. The van der Waals surface area contributed by atoms with Crippen molar-refractivity contribution in [1.29, 1.82) is 0 Å². The van der Waals surface area contributed by atoms with Crippen LogP contribution in [-0.2, 0) is 4.79 Å². The Kier molecular flexibility index (Phi) is 5.08. The van der Waals surface area contributed by atoms with Gasteiger partial charge in [0.2, 0.25) is 6.79 Å². The quantitative estimate of drug-likeness (QED) is 0.651. The number of fused-ring (bicyclic) bond motifs is 1. The fourth-order valence-corrected chi connectivity index (χ4v) is 2.25. The highest BCUT2D eigenvalue weighted by molar-refractivity contribution is 6.33. The molecule has 0 atom stereocenters. The number of carbonyl (C=O) groups is 1. The van der Waals surface area contributed by atoms with Crippen LogP contribution in [0, 0.1) is 0 Å². The lowest BCUT2D eigenvalue weighted by atomic mass is 10.2. The number of amides is 1. The van der Waals surface area contributed by atoms with Crippen molar-refractivity contribution in [1.82, 2.24) is 5.43 Å². The normalized spacial score (nSPS) is 12.4. The second kappa shape index (κ2) is 7.42. The van der Waals surface area contributed by atoms with Gasteiger partial charge in [-0.3, -0.25) is 4.79 Å². The molecule has 2 aromatic carbocycles. The SMILES string of the molecule is O=C(COc1ccc(Cl)cc1)N/N=C/c1cc2c(cc1Cl)OCO2. The Hall–Kier alpha value is -2.44. The van der Waals surface area contributed by atoms with Crippen LogP contribution in [-0.4, -0.2) is 25.5 Å². The predicted molar refractivity (Wildman–Crippen MR) is 90.3 cm³/mol. The first kappa shape index (κ1) is 16.4. The summed E-state index contributed by atoms with van der Waals surface area (Å²) in [4.78, 5) is 11.7. The van der Waals surface area contributed by atoms with E-state index in [4.69, 9.17) is 37.4 Å². The molecular weight excluding hydrogens is 355 g/mol. The number of hydrogen-bond acceptors (Lipinski definition) is 5. The van der Waals surface area contributed by atoms with Gasteiger partial charge in [-0.15, -0.1) is 0 Å². The molecule has 0 aliphatic carbocycles. The van der Waals surface area contributed by atoms with Gasteiger partial charge in [-0.05, 0) is 30.3 Å². The standard InChI is InChI=1S/C16H12Cl2N2O4/c17-11-1-3-12(4-2-11)22-8-16(21)20-19-7-10-5-14-15(6-13(10)18)24-9-23-14/h1-7H,8-9H2,(H,20,21)/b19-7+. The summed E-state index contributed by atoms with van der Waals surface area (Å²) in [5.41, 5.74) is 2.95. The third-order valence-electron chi connectivity index (χ3n) is 3.07.